The SMILES string of the molecule is c1ccc(-c2ccc(N(c3ccccc3)c3cc(-c4nc5ccccc5s4)c4c(c3)sc3c5ccccc5ccc34)cc2)cc1. The lowest BCUT2D eigenvalue weighted by Gasteiger charge is -2.26. The molecular formula is C41H26N2S2. The monoisotopic (exact) mass is 610 g/mol. The molecule has 0 saturated carbocycles. The van der Waals surface area contributed by atoms with Gasteiger partial charge in [-0.15, -0.1) is 22.7 Å². The molecule has 2 aromatic heterocycles. The minimum absolute atomic E-state index is 1.04. The first-order chi connectivity index (χ1) is 22.3. The van der Waals surface area contributed by atoms with Gasteiger partial charge in [0.05, 0.1) is 10.2 Å². The van der Waals surface area contributed by atoms with Crippen LogP contribution in [0.25, 0.3) is 62.9 Å². The van der Waals surface area contributed by atoms with Gasteiger partial charge >= 0.3 is 0 Å². The van der Waals surface area contributed by atoms with Gasteiger partial charge in [0.25, 0.3) is 0 Å². The first kappa shape index (κ1) is 26.1. The molecule has 0 fully saturated rings. The van der Waals surface area contributed by atoms with Crippen LogP contribution in [0.2, 0.25) is 0 Å². The van der Waals surface area contributed by atoms with Gasteiger partial charge in [-0.2, -0.15) is 0 Å². The molecule has 0 saturated heterocycles. The van der Waals surface area contributed by atoms with Crippen molar-refractivity contribution in [2.45, 2.75) is 0 Å². The zero-order valence-corrected chi connectivity index (χ0v) is 25.9. The lowest BCUT2D eigenvalue weighted by Crippen LogP contribution is -2.10. The molecule has 0 radical (unpaired) electrons. The Morgan fingerprint density at radius 1 is 0.467 bits per heavy atom. The van der Waals surface area contributed by atoms with Gasteiger partial charge in [0.2, 0.25) is 0 Å². The Labute approximate surface area is 269 Å². The number of anilines is 3. The van der Waals surface area contributed by atoms with Crippen molar-refractivity contribution in [3.63, 3.8) is 0 Å². The number of fused-ring (bicyclic) bond motifs is 6. The summed E-state index contributed by atoms with van der Waals surface area (Å²) in [5.41, 5.74) is 7.98. The topological polar surface area (TPSA) is 16.1 Å². The highest BCUT2D eigenvalue weighted by Gasteiger charge is 2.21. The molecule has 2 nitrogen and oxygen atoms in total. The van der Waals surface area contributed by atoms with Crippen molar-refractivity contribution in [2.24, 2.45) is 0 Å². The van der Waals surface area contributed by atoms with Crippen LogP contribution in [0, 0.1) is 0 Å². The lowest BCUT2D eigenvalue weighted by molar-refractivity contribution is 1.29. The normalized spacial score (nSPS) is 11.6. The molecule has 0 N–H and O–H groups in total. The quantitative estimate of drug-likeness (QED) is 0.193. The second-order valence-electron chi connectivity index (χ2n) is 11.2. The molecule has 9 aromatic rings. The van der Waals surface area contributed by atoms with E-state index in [1.54, 1.807) is 11.3 Å². The fourth-order valence-electron chi connectivity index (χ4n) is 6.36. The van der Waals surface area contributed by atoms with Gasteiger partial charge in [-0.1, -0.05) is 109 Å². The van der Waals surface area contributed by atoms with Crippen molar-refractivity contribution in [3.8, 4) is 21.7 Å². The van der Waals surface area contributed by atoms with E-state index in [1.807, 2.05) is 11.3 Å². The summed E-state index contributed by atoms with van der Waals surface area (Å²) < 4.78 is 3.78. The molecule has 212 valence electrons. The number of aromatic nitrogens is 1. The second-order valence-corrected chi connectivity index (χ2v) is 13.3. The van der Waals surface area contributed by atoms with Gasteiger partial charge in [-0.05, 0) is 70.4 Å². The largest absolute Gasteiger partial charge is 0.310 e. The highest BCUT2D eigenvalue weighted by molar-refractivity contribution is 7.27. The van der Waals surface area contributed by atoms with E-state index in [4.69, 9.17) is 4.98 Å². The van der Waals surface area contributed by atoms with Crippen molar-refractivity contribution >= 4 is 80.9 Å². The third kappa shape index (κ3) is 4.50. The smallest absolute Gasteiger partial charge is 0.125 e. The van der Waals surface area contributed by atoms with Crippen LogP contribution in [0.15, 0.2) is 158 Å². The van der Waals surface area contributed by atoms with Gasteiger partial charge in [-0.3, -0.25) is 0 Å². The van der Waals surface area contributed by atoms with E-state index in [2.05, 4.69) is 163 Å². The predicted octanol–water partition coefficient (Wildman–Crippen LogP) is 12.6. The maximum Gasteiger partial charge on any atom is 0.125 e. The van der Waals surface area contributed by atoms with Crippen molar-refractivity contribution < 1.29 is 0 Å². The van der Waals surface area contributed by atoms with E-state index in [0.29, 0.717) is 0 Å². The molecule has 4 heteroatoms. The molecule has 0 aliphatic carbocycles. The zero-order chi connectivity index (χ0) is 29.7. The molecule has 9 rings (SSSR count). The molecule has 0 bridgehead atoms. The number of thiazole rings is 1. The third-order valence-electron chi connectivity index (χ3n) is 8.48. The molecule has 2 heterocycles. The first-order valence-corrected chi connectivity index (χ1v) is 16.7. The van der Waals surface area contributed by atoms with Crippen molar-refractivity contribution in [3.05, 3.63) is 158 Å². The van der Waals surface area contributed by atoms with E-state index in [-0.39, 0.29) is 0 Å². The molecule has 45 heavy (non-hydrogen) atoms. The first-order valence-electron chi connectivity index (χ1n) is 15.0. The second kappa shape index (κ2) is 10.7. The fourth-order valence-corrected chi connectivity index (χ4v) is 8.65. The highest BCUT2D eigenvalue weighted by atomic mass is 32.1. The average molecular weight is 611 g/mol. The average Bonchev–Trinajstić information content (AvgIpc) is 3.71. The maximum atomic E-state index is 5.18. The summed E-state index contributed by atoms with van der Waals surface area (Å²) >= 11 is 3.65. The summed E-state index contributed by atoms with van der Waals surface area (Å²) in [6.45, 7) is 0. The molecule has 0 atom stereocenters. The fraction of sp³-hybridized carbons (Fsp3) is 0. The molecule has 7 aromatic carbocycles. The predicted molar refractivity (Wildman–Crippen MR) is 196 cm³/mol. The number of thiophene rings is 1. The molecule has 0 aliphatic heterocycles. The summed E-state index contributed by atoms with van der Waals surface area (Å²) in [4.78, 5) is 7.55. The van der Waals surface area contributed by atoms with Crippen molar-refractivity contribution in [1.82, 2.24) is 4.98 Å². The van der Waals surface area contributed by atoms with Crippen molar-refractivity contribution in [2.75, 3.05) is 4.90 Å². The van der Waals surface area contributed by atoms with E-state index in [0.717, 1.165) is 27.6 Å². The van der Waals surface area contributed by atoms with E-state index in [1.165, 1.54) is 52.3 Å². The molecular weight excluding hydrogens is 585 g/mol. The van der Waals surface area contributed by atoms with Gasteiger partial charge in [0.15, 0.2) is 0 Å². The van der Waals surface area contributed by atoms with Crippen LogP contribution in [0.4, 0.5) is 17.1 Å². The van der Waals surface area contributed by atoms with Crippen LogP contribution < -0.4 is 4.90 Å². The molecule has 0 aliphatic rings. The Kier molecular flexibility index (Phi) is 6.22. The summed E-state index contributed by atoms with van der Waals surface area (Å²) in [6.07, 6.45) is 0. The minimum atomic E-state index is 1.04. The summed E-state index contributed by atoms with van der Waals surface area (Å²) in [7, 11) is 0. The molecule has 0 spiro atoms. The van der Waals surface area contributed by atoms with Crippen LogP contribution in [-0.2, 0) is 0 Å². The standard InChI is InChI=1S/C41H26N2S2/c1-3-11-27(12-4-1)28-19-22-31(23-20-28)43(30-14-5-2-6-15-30)32-25-35(41-42-36-17-9-10-18-37(36)45-41)39-34-24-21-29-13-7-8-16-33(29)40(34)44-38(39)26-32/h1-26H. The highest BCUT2D eigenvalue weighted by Crippen LogP contribution is 2.48. The van der Waals surface area contributed by atoms with Crippen LogP contribution in [0.3, 0.4) is 0 Å². The Hall–Kier alpha value is -5.29. The summed E-state index contributed by atoms with van der Waals surface area (Å²) in [5, 5.41) is 6.17. The number of nitrogens with zero attached hydrogens (tertiary/aromatic N) is 2. The number of hydrogen-bond acceptors (Lipinski definition) is 4. The number of rotatable bonds is 5. The number of hydrogen-bond donors (Lipinski definition) is 0. The van der Waals surface area contributed by atoms with E-state index >= 15 is 0 Å². The summed E-state index contributed by atoms with van der Waals surface area (Å²) in [6, 6.07) is 56.5. The van der Waals surface area contributed by atoms with Gasteiger partial charge in [-0.25, -0.2) is 4.98 Å². The van der Waals surface area contributed by atoms with Crippen LogP contribution in [-0.4, -0.2) is 4.98 Å². The Bertz CT molecular complexity index is 2440. The van der Waals surface area contributed by atoms with E-state index in [9.17, 15) is 0 Å². The number of para-hydroxylation sites is 2. The lowest BCUT2D eigenvalue weighted by atomic mass is 10.0. The minimum Gasteiger partial charge on any atom is -0.310 e. The Balaban J connectivity index is 1.31. The summed E-state index contributed by atoms with van der Waals surface area (Å²) in [5.74, 6) is 0. The Morgan fingerprint density at radius 3 is 1.98 bits per heavy atom. The zero-order valence-electron chi connectivity index (χ0n) is 24.2. The van der Waals surface area contributed by atoms with Crippen LogP contribution in [0.5, 0.6) is 0 Å². The number of benzene rings is 7. The Morgan fingerprint density at radius 2 is 1.16 bits per heavy atom. The van der Waals surface area contributed by atoms with Gasteiger partial charge in [0.1, 0.15) is 5.01 Å². The van der Waals surface area contributed by atoms with Crippen LogP contribution >= 0.6 is 22.7 Å². The molecule has 0 unspecified atom stereocenters. The molecule has 0 amide bonds. The van der Waals surface area contributed by atoms with Gasteiger partial charge < -0.3 is 4.90 Å². The van der Waals surface area contributed by atoms with E-state index < -0.39 is 0 Å². The third-order valence-corrected chi connectivity index (χ3v) is 10.7. The maximum absolute atomic E-state index is 5.18. The van der Waals surface area contributed by atoms with Crippen molar-refractivity contribution in [1.29, 1.82) is 0 Å². The van der Waals surface area contributed by atoms with Gasteiger partial charge in [0, 0.05) is 42.8 Å². The van der Waals surface area contributed by atoms with Crippen LogP contribution in [0.1, 0.15) is 0 Å².